The molecule has 1 aliphatic heterocycles. The molecule has 0 unspecified atom stereocenters. The Labute approximate surface area is 202 Å². The van der Waals surface area contributed by atoms with Gasteiger partial charge in [-0.15, -0.1) is 0 Å². The SMILES string of the molecule is CCOc1ccc(C(=O)N2CCCN(c3cc(-c4ccc(Br)cc4)[nH]n3)CC2)cc1OCC. The lowest BCUT2D eigenvalue weighted by Gasteiger charge is -2.22. The van der Waals surface area contributed by atoms with Crippen LogP contribution < -0.4 is 14.4 Å². The van der Waals surface area contributed by atoms with Gasteiger partial charge in [0.1, 0.15) is 0 Å². The number of aromatic nitrogens is 2. The second kappa shape index (κ2) is 10.7. The number of hydrogen-bond acceptors (Lipinski definition) is 5. The van der Waals surface area contributed by atoms with Crippen molar-refractivity contribution in [2.24, 2.45) is 0 Å². The fraction of sp³-hybridized carbons (Fsp3) is 0.360. The Kier molecular flexibility index (Phi) is 7.54. The Morgan fingerprint density at radius 1 is 0.970 bits per heavy atom. The van der Waals surface area contributed by atoms with Crippen molar-refractivity contribution in [2.75, 3.05) is 44.3 Å². The molecular formula is C25H29BrN4O3. The van der Waals surface area contributed by atoms with E-state index in [1.54, 1.807) is 6.07 Å². The molecule has 1 saturated heterocycles. The molecule has 1 fully saturated rings. The Bertz CT molecular complexity index is 1080. The summed E-state index contributed by atoms with van der Waals surface area (Å²) in [6, 6.07) is 15.6. The zero-order chi connectivity index (χ0) is 23.2. The minimum Gasteiger partial charge on any atom is -0.490 e. The molecule has 1 aromatic heterocycles. The molecule has 1 N–H and O–H groups in total. The van der Waals surface area contributed by atoms with Crippen LogP contribution in [0, 0.1) is 0 Å². The van der Waals surface area contributed by atoms with Crippen LogP contribution in [-0.4, -0.2) is 60.4 Å². The first-order chi connectivity index (χ1) is 16.1. The molecule has 4 rings (SSSR count). The number of anilines is 1. The van der Waals surface area contributed by atoms with Gasteiger partial charge in [-0.2, -0.15) is 5.10 Å². The minimum absolute atomic E-state index is 0.0124. The summed E-state index contributed by atoms with van der Waals surface area (Å²) in [4.78, 5) is 17.4. The fourth-order valence-corrected chi connectivity index (χ4v) is 4.23. The Morgan fingerprint density at radius 2 is 1.73 bits per heavy atom. The smallest absolute Gasteiger partial charge is 0.254 e. The first kappa shape index (κ1) is 23.2. The van der Waals surface area contributed by atoms with E-state index in [9.17, 15) is 4.79 Å². The number of benzene rings is 2. The van der Waals surface area contributed by atoms with Gasteiger partial charge in [0.25, 0.3) is 5.91 Å². The van der Waals surface area contributed by atoms with Gasteiger partial charge in [-0.25, -0.2) is 0 Å². The molecule has 174 valence electrons. The molecule has 0 radical (unpaired) electrons. The van der Waals surface area contributed by atoms with E-state index >= 15 is 0 Å². The Balaban J connectivity index is 1.43. The average molecular weight is 513 g/mol. The van der Waals surface area contributed by atoms with Crippen LogP contribution in [0.5, 0.6) is 11.5 Å². The van der Waals surface area contributed by atoms with Crippen LogP contribution in [0.3, 0.4) is 0 Å². The van der Waals surface area contributed by atoms with E-state index < -0.39 is 0 Å². The first-order valence-electron chi connectivity index (χ1n) is 11.3. The highest BCUT2D eigenvalue weighted by molar-refractivity contribution is 9.10. The number of aromatic amines is 1. The van der Waals surface area contributed by atoms with Crippen LogP contribution in [0.1, 0.15) is 30.6 Å². The maximum Gasteiger partial charge on any atom is 0.254 e. The van der Waals surface area contributed by atoms with Crippen molar-refractivity contribution in [2.45, 2.75) is 20.3 Å². The van der Waals surface area contributed by atoms with Crippen LogP contribution in [-0.2, 0) is 0 Å². The van der Waals surface area contributed by atoms with Gasteiger partial charge in [0.05, 0.1) is 18.9 Å². The summed E-state index contributed by atoms with van der Waals surface area (Å²) in [6.07, 6.45) is 0.877. The number of rotatable bonds is 7. The second-order valence-corrected chi connectivity index (χ2v) is 8.72. The zero-order valence-electron chi connectivity index (χ0n) is 19.0. The average Bonchev–Trinajstić information content (AvgIpc) is 3.18. The van der Waals surface area contributed by atoms with Gasteiger partial charge in [-0.1, -0.05) is 28.1 Å². The number of ether oxygens (including phenoxy) is 2. The van der Waals surface area contributed by atoms with Gasteiger partial charge in [-0.05, 0) is 56.2 Å². The molecule has 0 bridgehead atoms. The highest BCUT2D eigenvalue weighted by Crippen LogP contribution is 2.29. The van der Waals surface area contributed by atoms with Crippen molar-refractivity contribution < 1.29 is 14.3 Å². The molecule has 8 heteroatoms. The Hall–Kier alpha value is -3.00. The molecule has 1 amide bonds. The summed E-state index contributed by atoms with van der Waals surface area (Å²) >= 11 is 3.47. The number of halogens is 1. The summed E-state index contributed by atoms with van der Waals surface area (Å²) < 4.78 is 12.4. The number of nitrogens with one attached hydrogen (secondary N) is 1. The summed E-state index contributed by atoms with van der Waals surface area (Å²) in [5, 5.41) is 7.66. The van der Waals surface area contributed by atoms with E-state index in [0.29, 0.717) is 43.4 Å². The van der Waals surface area contributed by atoms with Crippen LogP contribution in [0.2, 0.25) is 0 Å². The molecule has 3 aromatic rings. The summed E-state index contributed by atoms with van der Waals surface area (Å²) in [5.74, 6) is 2.19. The molecule has 2 aromatic carbocycles. The summed E-state index contributed by atoms with van der Waals surface area (Å²) in [6.45, 7) is 7.83. The van der Waals surface area contributed by atoms with Crippen molar-refractivity contribution >= 4 is 27.7 Å². The molecule has 0 saturated carbocycles. The van der Waals surface area contributed by atoms with E-state index in [1.807, 2.05) is 43.0 Å². The monoisotopic (exact) mass is 512 g/mol. The number of nitrogens with zero attached hydrogens (tertiary/aromatic N) is 3. The topological polar surface area (TPSA) is 70.7 Å². The first-order valence-corrected chi connectivity index (χ1v) is 12.1. The molecule has 33 heavy (non-hydrogen) atoms. The number of carbonyl (C=O) groups excluding carboxylic acids is 1. The number of hydrogen-bond donors (Lipinski definition) is 1. The third-order valence-corrected chi connectivity index (χ3v) is 6.15. The van der Waals surface area contributed by atoms with Crippen molar-refractivity contribution in [3.05, 3.63) is 58.6 Å². The standard InChI is InChI=1S/C25H29BrN4O3/c1-3-32-22-11-8-19(16-23(22)33-4-2)25(31)30-13-5-12-29(14-15-30)24-17-21(27-28-24)18-6-9-20(26)10-7-18/h6-11,16-17H,3-5,12-15H2,1-2H3,(H,27,28). The summed E-state index contributed by atoms with van der Waals surface area (Å²) in [5.41, 5.74) is 2.68. The van der Waals surface area contributed by atoms with Crippen LogP contribution in [0.15, 0.2) is 53.0 Å². The van der Waals surface area contributed by atoms with Gasteiger partial charge in [0.15, 0.2) is 17.3 Å². The van der Waals surface area contributed by atoms with Crippen LogP contribution in [0.25, 0.3) is 11.3 Å². The van der Waals surface area contributed by atoms with Crippen LogP contribution >= 0.6 is 15.9 Å². The fourth-order valence-electron chi connectivity index (χ4n) is 3.97. The third-order valence-electron chi connectivity index (χ3n) is 5.62. The lowest BCUT2D eigenvalue weighted by Crippen LogP contribution is -2.35. The van der Waals surface area contributed by atoms with E-state index in [1.165, 1.54) is 0 Å². The van der Waals surface area contributed by atoms with E-state index in [-0.39, 0.29) is 5.91 Å². The molecule has 0 aliphatic carbocycles. The van der Waals surface area contributed by atoms with Gasteiger partial charge in [0, 0.05) is 42.3 Å². The van der Waals surface area contributed by atoms with E-state index in [0.717, 1.165) is 41.1 Å². The molecule has 1 aliphatic rings. The number of carbonyl (C=O) groups is 1. The predicted molar refractivity (Wildman–Crippen MR) is 133 cm³/mol. The van der Waals surface area contributed by atoms with Crippen molar-refractivity contribution in [3.63, 3.8) is 0 Å². The second-order valence-electron chi connectivity index (χ2n) is 7.81. The Morgan fingerprint density at radius 3 is 2.48 bits per heavy atom. The lowest BCUT2D eigenvalue weighted by atomic mass is 10.1. The molecule has 7 nitrogen and oxygen atoms in total. The minimum atomic E-state index is 0.0124. The van der Waals surface area contributed by atoms with E-state index in [2.05, 4.69) is 49.2 Å². The highest BCUT2D eigenvalue weighted by Gasteiger charge is 2.23. The van der Waals surface area contributed by atoms with Crippen molar-refractivity contribution in [3.8, 4) is 22.8 Å². The van der Waals surface area contributed by atoms with Gasteiger partial charge in [-0.3, -0.25) is 9.89 Å². The molecule has 0 atom stereocenters. The van der Waals surface area contributed by atoms with Gasteiger partial charge >= 0.3 is 0 Å². The third kappa shape index (κ3) is 5.50. The maximum atomic E-state index is 13.2. The van der Waals surface area contributed by atoms with Crippen LogP contribution in [0.4, 0.5) is 5.82 Å². The summed E-state index contributed by atoms with van der Waals surface area (Å²) in [7, 11) is 0. The molecular weight excluding hydrogens is 484 g/mol. The number of H-pyrrole nitrogens is 1. The quantitative estimate of drug-likeness (QED) is 0.482. The zero-order valence-corrected chi connectivity index (χ0v) is 20.6. The van der Waals surface area contributed by atoms with E-state index in [4.69, 9.17) is 9.47 Å². The molecule has 2 heterocycles. The maximum absolute atomic E-state index is 13.2. The normalized spacial score (nSPS) is 14.2. The van der Waals surface area contributed by atoms with Crippen molar-refractivity contribution in [1.82, 2.24) is 15.1 Å². The van der Waals surface area contributed by atoms with Gasteiger partial charge in [0.2, 0.25) is 0 Å². The largest absolute Gasteiger partial charge is 0.490 e. The van der Waals surface area contributed by atoms with Gasteiger partial charge < -0.3 is 19.3 Å². The van der Waals surface area contributed by atoms with Crippen molar-refractivity contribution in [1.29, 1.82) is 0 Å². The number of amides is 1. The molecule has 0 spiro atoms. The predicted octanol–water partition coefficient (Wildman–Crippen LogP) is 4.99. The highest BCUT2D eigenvalue weighted by atomic mass is 79.9. The lowest BCUT2D eigenvalue weighted by molar-refractivity contribution is 0.0766.